The van der Waals surface area contributed by atoms with Crippen LogP contribution in [0.1, 0.15) is 26.2 Å². The number of Topliss-reactive ketones (excluding diaryl/α,β-unsaturated/α-hetero) is 1. The Morgan fingerprint density at radius 2 is 2.14 bits per heavy atom. The van der Waals surface area contributed by atoms with Gasteiger partial charge in [0, 0.05) is 18.9 Å². The van der Waals surface area contributed by atoms with Crippen LogP contribution < -0.4 is 5.32 Å². The quantitative estimate of drug-likeness (QED) is 0.752. The van der Waals surface area contributed by atoms with Crippen molar-refractivity contribution in [2.45, 2.75) is 38.4 Å². The number of ketones is 1. The van der Waals surface area contributed by atoms with Crippen LogP contribution in [0.25, 0.3) is 0 Å². The minimum Gasteiger partial charge on any atom is -0.313 e. The molecule has 14 heavy (non-hydrogen) atoms. The Bertz CT molecular complexity index is 215. The second kappa shape index (κ2) is 4.29. The van der Waals surface area contributed by atoms with Gasteiger partial charge in [0.05, 0.1) is 5.92 Å². The van der Waals surface area contributed by atoms with Gasteiger partial charge in [0.15, 0.2) is 0 Å². The molecule has 0 spiro atoms. The van der Waals surface area contributed by atoms with Gasteiger partial charge in [0.1, 0.15) is 5.78 Å². The highest BCUT2D eigenvalue weighted by Gasteiger charge is 2.46. The second-order valence-electron chi connectivity index (χ2n) is 3.59. The number of carbonyl (C=O) groups excluding carboxylic acids is 1. The van der Waals surface area contributed by atoms with Crippen LogP contribution in [0.2, 0.25) is 0 Å². The third kappa shape index (κ3) is 2.70. The van der Waals surface area contributed by atoms with Crippen LogP contribution in [0.15, 0.2) is 0 Å². The summed E-state index contributed by atoms with van der Waals surface area (Å²) in [5.74, 6) is -1.43. The molecule has 1 rings (SSSR count). The largest absolute Gasteiger partial charge is 0.393 e. The van der Waals surface area contributed by atoms with Gasteiger partial charge in [-0.1, -0.05) is 6.92 Å². The first-order chi connectivity index (χ1) is 6.45. The summed E-state index contributed by atoms with van der Waals surface area (Å²) >= 11 is 0. The van der Waals surface area contributed by atoms with Gasteiger partial charge in [-0.25, -0.2) is 0 Å². The van der Waals surface area contributed by atoms with Crippen molar-refractivity contribution >= 4 is 5.78 Å². The lowest BCUT2D eigenvalue weighted by Crippen LogP contribution is -2.47. The highest BCUT2D eigenvalue weighted by atomic mass is 19.4. The molecule has 0 bridgehead atoms. The molecule has 0 heterocycles. The average molecular weight is 209 g/mol. The monoisotopic (exact) mass is 209 g/mol. The number of carbonyl (C=O) groups is 1. The number of hydrogen-bond donors (Lipinski definition) is 1. The third-order valence-corrected chi connectivity index (χ3v) is 2.55. The first kappa shape index (κ1) is 11.5. The zero-order valence-corrected chi connectivity index (χ0v) is 8.03. The summed E-state index contributed by atoms with van der Waals surface area (Å²) in [7, 11) is 0. The van der Waals surface area contributed by atoms with Gasteiger partial charge < -0.3 is 5.32 Å². The van der Waals surface area contributed by atoms with Crippen molar-refractivity contribution in [2.75, 3.05) is 6.54 Å². The maximum absolute atomic E-state index is 12.5. The lowest BCUT2D eigenvalue weighted by Gasteiger charge is -2.32. The van der Waals surface area contributed by atoms with Gasteiger partial charge >= 0.3 is 6.18 Å². The van der Waals surface area contributed by atoms with E-state index in [2.05, 4.69) is 5.32 Å². The van der Waals surface area contributed by atoms with Crippen LogP contribution >= 0.6 is 0 Å². The molecule has 0 radical (unpaired) electrons. The van der Waals surface area contributed by atoms with Crippen molar-refractivity contribution in [2.24, 2.45) is 5.92 Å². The Morgan fingerprint density at radius 3 is 2.64 bits per heavy atom. The zero-order chi connectivity index (χ0) is 10.8. The van der Waals surface area contributed by atoms with Gasteiger partial charge in [-0.05, 0) is 13.0 Å². The average Bonchev–Trinajstić information content (AvgIpc) is 2.02. The van der Waals surface area contributed by atoms with Crippen LogP contribution in [-0.2, 0) is 4.79 Å². The van der Waals surface area contributed by atoms with E-state index >= 15 is 0 Å². The normalized spacial score (nSPS) is 29.3. The van der Waals surface area contributed by atoms with Crippen molar-refractivity contribution in [3.63, 3.8) is 0 Å². The molecule has 82 valence electrons. The van der Waals surface area contributed by atoms with Crippen molar-refractivity contribution in [3.8, 4) is 0 Å². The van der Waals surface area contributed by atoms with Crippen molar-refractivity contribution < 1.29 is 18.0 Å². The first-order valence-electron chi connectivity index (χ1n) is 4.77. The lowest BCUT2D eigenvalue weighted by molar-refractivity contribution is -0.188. The predicted octanol–water partition coefficient (Wildman–Crippen LogP) is 1.90. The molecule has 2 unspecified atom stereocenters. The van der Waals surface area contributed by atoms with Crippen LogP contribution in [0.3, 0.4) is 0 Å². The number of alkyl halides is 3. The molecular weight excluding hydrogens is 195 g/mol. The van der Waals surface area contributed by atoms with E-state index in [1.807, 2.05) is 0 Å². The molecule has 1 fully saturated rings. The second-order valence-corrected chi connectivity index (χ2v) is 3.59. The van der Waals surface area contributed by atoms with E-state index in [-0.39, 0.29) is 25.0 Å². The molecule has 0 aromatic rings. The van der Waals surface area contributed by atoms with Gasteiger partial charge in [0.25, 0.3) is 0 Å². The minimum atomic E-state index is -4.19. The molecule has 1 N–H and O–H groups in total. The van der Waals surface area contributed by atoms with Gasteiger partial charge in [-0.15, -0.1) is 0 Å². The predicted molar refractivity (Wildman–Crippen MR) is 45.9 cm³/mol. The molecule has 0 aliphatic heterocycles. The number of nitrogens with one attached hydrogen (secondary N) is 1. The first-order valence-corrected chi connectivity index (χ1v) is 4.77. The fraction of sp³-hybridized carbons (Fsp3) is 0.889. The summed E-state index contributed by atoms with van der Waals surface area (Å²) in [6.45, 7) is 2.21. The SMILES string of the molecule is CCNC1CC(=O)CCC1C(F)(F)F. The van der Waals surface area contributed by atoms with E-state index in [1.54, 1.807) is 6.92 Å². The molecule has 0 saturated heterocycles. The molecule has 0 aromatic carbocycles. The Labute approximate surface area is 80.9 Å². The Hall–Kier alpha value is -0.580. The topological polar surface area (TPSA) is 29.1 Å². The summed E-state index contributed by atoms with van der Waals surface area (Å²) in [6, 6.07) is -0.721. The molecule has 1 aliphatic carbocycles. The fourth-order valence-corrected chi connectivity index (χ4v) is 1.88. The summed E-state index contributed by atoms with van der Waals surface area (Å²) in [6.07, 6.45) is -4.18. The minimum absolute atomic E-state index is 0.0119. The maximum atomic E-state index is 12.5. The zero-order valence-electron chi connectivity index (χ0n) is 8.03. The van der Waals surface area contributed by atoms with E-state index in [0.717, 1.165) is 0 Å². The number of halogens is 3. The Balaban J connectivity index is 2.67. The summed E-state index contributed by atoms with van der Waals surface area (Å²) in [4.78, 5) is 11.0. The van der Waals surface area contributed by atoms with Gasteiger partial charge in [0.2, 0.25) is 0 Å². The summed E-state index contributed by atoms with van der Waals surface area (Å²) in [5.41, 5.74) is 0. The third-order valence-electron chi connectivity index (χ3n) is 2.55. The molecule has 0 amide bonds. The van der Waals surface area contributed by atoms with Gasteiger partial charge in [-0.3, -0.25) is 4.79 Å². The highest BCUT2D eigenvalue weighted by Crippen LogP contribution is 2.36. The molecule has 5 heteroatoms. The number of rotatable bonds is 2. The van der Waals surface area contributed by atoms with E-state index < -0.39 is 18.1 Å². The maximum Gasteiger partial charge on any atom is 0.393 e. The van der Waals surface area contributed by atoms with Crippen molar-refractivity contribution in [1.82, 2.24) is 5.32 Å². The van der Waals surface area contributed by atoms with E-state index in [1.165, 1.54) is 0 Å². The highest BCUT2D eigenvalue weighted by molar-refractivity contribution is 5.79. The molecule has 2 atom stereocenters. The Morgan fingerprint density at radius 1 is 1.50 bits per heavy atom. The summed E-state index contributed by atoms with van der Waals surface area (Å²) < 4.78 is 37.5. The van der Waals surface area contributed by atoms with Crippen LogP contribution in [0.5, 0.6) is 0 Å². The van der Waals surface area contributed by atoms with E-state index in [4.69, 9.17) is 0 Å². The number of hydrogen-bond acceptors (Lipinski definition) is 2. The summed E-state index contributed by atoms with van der Waals surface area (Å²) in [5, 5.41) is 2.73. The van der Waals surface area contributed by atoms with Crippen LogP contribution in [-0.4, -0.2) is 24.5 Å². The van der Waals surface area contributed by atoms with Crippen molar-refractivity contribution in [3.05, 3.63) is 0 Å². The van der Waals surface area contributed by atoms with Gasteiger partial charge in [-0.2, -0.15) is 13.2 Å². The smallest absolute Gasteiger partial charge is 0.313 e. The Kier molecular flexibility index (Phi) is 3.53. The molecule has 1 saturated carbocycles. The van der Waals surface area contributed by atoms with E-state index in [0.29, 0.717) is 6.54 Å². The van der Waals surface area contributed by atoms with E-state index in [9.17, 15) is 18.0 Å². The molecule has 1 aliphatic rings. The lowest BCUT2D eigenvalue weighted by atomic mass is 9.83. The van der Waals surface area contributed by atoms with Crippen molar-refractivity contribution in [1.29, 1.82) is 0 Å². The standard InChI is InChI=1S/C9H14F3NO/c1-2-13-8-5-6(14)3-4-7(8)9(10,11)12/h7-8,13H,2-5H2,1H3. The molecule has 2 nitrogen and oxygen atoms in total. The fourth-order valence-electron chi connectivity index (χ4n) is 1.88. The molecule has 0 aromatic heterocycles. The molecular formula is C9H14F3NO. The van der Waals surface area contributed by atoms with Crippen LogP contribution in [0.4, 0.5) is 13.2 Å². The van der Waals surface area contributed by atoms with Crippen LogP contribution in [0, 0.1) is 5.92 Å².